The molecule has 6 nitrogen and oxygen atoms in total. The molecular weight excluding hydrogens is 256 g/mol. The smallest absolute Gasteiger partial charge is 0.255 e. The van der Waals surface area contributed by atoms with Gasteiger partial charge in [0, 0.05) is 13.0 Å². The van der Waals surface area contributed by atoms with E-state index in [1.54, 1.807) is 13.0 Å². The fourth-order valence-corrected chi connectivity index (χ4v) is 2.55. The van der Waals surface area contributed by atoms with Crippen molar-refractivity contribution in [1.82, 2.24) is 20.1 Å². The van der Waals surface area contributed by atoms with Gasteiger partial charge in [-0.15, -0.1) is 10.2 Å². The summed E-state index contributed by atoms with van der Waals surface area (Å²) in [6.07, 6.45) is 6.03. The lowest BCUT2D eigenvalue weighted by Crippen LogP contribution is -2.25. The molecule has 0 fully saturated rings. The molecule has 0 atom stereocenters. The number of nitrogens with zero attached hydrogens (tertiary/aromatic N) is 3. The van der Waals surface area contributed by atoms with E-state index in [2.05, 4.69) is 20.1 Å². The fourth-order valence-electron chi connectivity index (χ4n) is 2.55. The molecule has 0 aliphatic carbocycles. The van der Waals surface area contributed by atoms with Crippen molar-refractivity contribution < 1.29 is 9.21 Å². The van der Waals surface area contributed by atoms with Gasteiger partial charge in [0.05, 0.1) is 18.4 Å². The predicted molar refractivity (Wildman–Crippen MR) is 72.2 cm³/mol. The van der Waals surface area contributed by atoms with E-state index in [1.165, 1.54) is 19.1 Å². The number of amides is 1. The number of hydrogen-bond donors (Lipinski definition) is 1. The van der Waals surface area contributed by atoms with Crippen LogP contribution in [0.25, 0.3) is 0 Å². The molecule has 2 aromatic heterocycles. The maximum absolute atomic E-state index is 12.0. The molecule has 0 aromatic carbocycles. The Morgan fingerprint density at radius 1 is 1.40 bits per heavy atom. The molecule has 1 N–H and O–H groups in total. The van der Waals surface area contributed by atoms with Crippen molar-refractivity contribution in [3.05, 3.63) is 35.3 Å². The van der Waals surface area contributed by atoms with Gasteiger partial charge in [-0.25, -0.2) is 0 Å². The van der Waals surface area contributed by atoms with Crippen LogP contribution in [0.1, 0.15) is 47.0 Å². The Morgan fingerprint density at radius 2 is 2.30 bits per heavy atom. The molecule has 1 aliphatic heterocycles. The zero-order chi connectivity index (χ0) is 13.9. The van der Waals surface area contributed by atoms with Crippen LogP contribution in [-0.4, -0.2) is 20.7 Å². The van der Waals surface area contributed by atoms with Crippen LogP contribution in [0.3, 0.4) is 0 Å². The minimum Gasteiger partial charge on any atom is -0.469 e. The Hall–Kier alpha value is -2.11. The SMILES string of the molecule is Cc1occc1C(=O)NCc1nnc2n1CCCCC2. The highest BCUT2D eigenvalue weighted by Crippen LogP contribution is 2.14. The molecule has 0 saturated carbocycles. The van der Waals surface area contributed by atoms with Crippen molar-refractivity contribution in [2.45, 2.75) is 45.7 Å². The van der Waals surface area contributed by atoms with Gasteiger partial charge in [0.15, 0.2) is 5.82 Å². The molecule has 2 aromatic rings. The Kier molecular flexibility index (Phi) is 3.54. The third kappa shape index (κ3) is 2.45. The highest BCUT2D eigenvalue weighted by molar-refractivity contribution is 5.94. The Morgan fingerprint density at radius 3 is 3.10 bits per heavy atom. The molecule has 0 spiro atoms. The number of carbonyl (C=O) groups excluding carboxylic acids is 1. The Balaban J connectivity index is 1.68. The molecule has 0 bridgehead atoms. The first-order chi connectivity index (χ1) is 9.75. The summed E-state index contributed by atoms with van der Waals surface area (Å²) in [5.41, 5.74) is 0.570. The van der Waals surface area contributed by atoms with Crippen LogP contribution in [0.4, 0.5) is 0 Å². The molecular formula is C14H18N4O2. The minimum atomic E-state index is -0.137. The van der Waals surface area contributed by atoms with Crippen LogP contribution in [0.5, 0.6) is 0 Å². The summed E-state index contributed by atoms with van der Waals surface area (Å²) < 4.78 is 7.27. The monoisotopic (exact) mass is 274 g/mol. The quantitative estimate of drug-likeness (QED) is 0.926. The fraction of sp³-hybridized carbons (Fsp3) is 0.500. The van der Waals surface area contributed by atoms with Crippen LogP contribution in [0.15, 0.2) is 16.7 Å². The molecule has 1 amide bonds. The van der Waals surface area contributed by atoms with E-state index in [-0.39, 0.29) is 5.91 Å². The van der Waals surface area contributed by atoms with Gasteiger partial charge < -0.3 is 14.3 Å². The molecule has 106 valence electrons. The number of furan rings is 1. The van der Waals surface area contributed by atoms with Crippen LogP contribution >= 0.6 is 0 Å². The van der Waals surface area contributed by atoms with E-state index >= 15 is 0 Å². The van der Waals surface area contributed by atoms with Gasteiger partial charge in [-0.2, -0.15) is 0 Å². The van der Waals surface area contributed by atoms with Gasteiger partial charge in [-0.3, -0.25) is 4.79 Å². The summed E-state index contributed by atoms with van der Waals surface area (Å²) in [6.45, 7) is 3.12. The molecule has 3 rings (SSSR count). The molecule has 0 saturated heterocycles. The normalized spacial score (nSPS) is 14.7. The first kappa shape index (κ1) is 12.9. The van der Waals surface area contributed by atoms with E-state index in [4.69, 9.17) is 4.42 Å². The lowest BCUT2D eigenvalue weighted by molar-refractivity contribution is 0.0948. The van der Waals surface area contributed by atoms with Gasteiger partial charge in [-0.05, 0) is 25.8 Å². The van der Waals surface area contributed by atoms with Crippen molar-refractivity contribution in [3.63, 3.8) is 0 Å². The van der Waals surface area contributed by atoms with Gasteiger partial charge in [-0.1, -0.05) is 6.42 Å². The standard InChI is InChI=1S/C14H18N4O2/c1-10-11(6-8-20-10)14(19)15-9-13-17-16-12-5-3-2-4-7-18(12)13/h6,8H,2-5,7,9H2,1H3,(H,15,19). The van der Waals surface area contributed by atoms with Crippen molar-refractivity contribution in [2.24, 2.45) is 0 Å². The Bertz CT molecular complexity index is 614. The van der Waals surface area contributed by atoms with Crippen molar-refractivity contribution >= 4 is 5.91 Å². The van der Waals surface area contributed by atoms with Crippen molar-refractivity contribution in [3.8, 4) is 0 Å². The van der Waals surface area contributed by atoms with Crippen LogP contribution < -0.4 is 5.32 Å². The average molecular weight is 274 g/mol. The summed E-state index contributed by atoms with van der Waals surface area (Å²) in [5, 5.41) is 11.3. The molecule has 1 aliphatic rings. The zero-order valence-electron chi connectivity index (χ0n) is 11.6. The van der Waals surface area contributed by atoms with E-state index in [9.17, 15) is 4.79 Å². The summed E-state index contributed by atoms with van der Waals surface area (Å²) in [4.78, 5) is 12.0. The second kappa shape index (κ2) is 5.48. The van der Waals surface area contributed by atoms with E-state index in [0.29, 0.717) is 17.9 Å². The third-order valence-corrected chi connectivity index (χ3v) is 3.70. The first-order valence-corrected chi connectivity index (χ1v) is 6.99. The molecule has 0 radical (unpaired) electrons. The molecule has 6 heteroatoms. The third-order valence-electron chi connectivity index (χ3n) is 3.70. The van der Waals surface area contributed by atoms with E-state index in [0.717, 1.165) is 31.0 Å². The Labute approximate surface area is 117 Å². The summed E-state index contributed by atoms with van der Waals surface area (Å²) in [6, 6.07) is 1.68. The summed E-state index contributed by atoms with van der Waals surface area (Å²) >= 11 is 0. The van der Waals surface area contributed by atoms with Crippen molar-refractivity contribution in [2.75, 3.05) is 0 Å². The number of aromatic nitrogens is 3. The first-order valence-electron chi connectivity index (χ1n) is 6.99. The predicted octanol–water partition coefficient (Wildman–Crippen LogP) is 1.84. The zero-order valence-corrected chi connectivity index (χ0v) is 11.6. The van der Waals surface area contributed by atoms with E-state index < -0.39 is 0 Å². The number of carbonyl (C=O) groups is 1. The second-order valence-corrected chi connectivity index (χ2v) is 5.07. The number of nitrogens with one attached hydrogen (secondary N) is 1. The summed E-state index contributed by atoms with van der Waals surface area (Å²) in [7, 11) is 0. The van der Waals surface area contributed by atoms with Crippen LogP contribution in [0.2, 0.25) is 0 Å². The number of hydrogen-bond acceptors (Lipinski definition) is 4. The summed E-state index contributed by atoms with van der Waals surface area (Å²) in [5.74, 6) is 2.35. The van der Waals surface area contributed by atoms with E-state index in [1.807, 2.05) is 0 Å². The van der Waals surface area contributed by atoms with Gasteiger partial charge in [0.25, 0.3) is 5.91 Å². The molecule has 20 heavy (non-hydrogen) atoms. The highest BCUT2D eigenvalue weighted by Gasteiger charge is 2.16. The lowest BCUT2D eigenvalue weighted by Gasteiger charge is -2.07. The number of rotatable bonds is 3. The highest BCUT2D eigenvalue weighted by atomic mass is 16.3. The lowest BCUT2D eigenvalue weighted by atomic mass is 10.2. The minimum absolute atomic E-state index is 0.137. The average Bonchev–Trinajstić information content (AvgIpc) is 2.96. The van der Waals surface area contributed by atoms with Gasteiger partial charge in [0.1, 0.15) is 11.6 Å². The largest absolute Gasteiger partial charge is 0.469 e. The van der Waals surface area contributed by atoms with Crippen molar-refractivity contribution in [1.29, 1.82) is 0 Å². The second-order valence-electron chi connectivity index (χ2n) is 5.07. The van der Waals surface area contributed by atoms with Gasteiger partial charge >= 0.3 is 0 Å². The topological polar surface area (TPSA) is 73.0 Å². The molecule has 3 heterocycles. The van der Waals surface area contributed by atoms with Crippen LogP contribution in [0, 0.1) is 6.92 Å². The molecule has 0 unspecified atom stereocenters. The maximum Gasteiger partial charge on any atom is 0.255 e. The van der Waals surface area contributed by atoms with Crippen LogP contribution in [-0.2, 0) is 19.5 Å². The van der Waals surface area contributed by atoms with Gasteiger partial charge in [0.2, 0.25) is 0 Å². The number of fused-ring (bicyclic) bond motifs is 1. The number of aryl methyl sites for hydroxylation is 2. The maximum atomic E-state index is 12.0.